The van der Waals surface area contributed by atoms with Gasteiger partial charge in [0, 0.05) is 17.4 Å². The van der Waals surface area contributed by atoms with Gasteiger partial charge in [0.2, 0.25) is 0 Å². The van der Waals surface area contributed by atoms with Gasteiger partial charge in [0.25, 0.3) is 0 Å². The average molecular weight is 357 g/mol. The number of thiazole rings is 1. The minimum Gasteiger partial charge on any atom is -0.333 e. The monoisotopic (exact) mass is 357 g/mol. The number of benzene rings is 1. The first-order chi connectivity index (χ1) is 11.6. The number of rotatable bonds is 5. The van der Waals surface area contributed by atoms with E-state index in [2.05, 4.69) is 15.6 Å². The number of carbonyl (C=O) groups is 2. The van der Waals surface area contributed by atoms with Gasteiger partial charge >= 0.3 is 6.03 Å². The zero-order chi connectivity index (χ0) is 16.9. The van der Waals surface area contributed by atoms with Crippen LogP contribution in [-0.4, -0.2) is 16.8 Å². The van der Waals surface area contributed by atoms with Crippen molar-refractivity contribution in [1.82, 2.24) is 10.3 Å². The molecule has 1 aromatic carbocycles. The van der Waals surface area contributed by atoms with E-state index in [0.29, 0.717) is 22.2 Å². The Morgan fingerprint density at radius 2 is 1.92 bits per heavy atom. The summed E-state index contributed by atoms with van der Waals surface area (Å²) in [5, 5.41) is 7.84. The highest BCUT2D eigenvalue weighted by atomic mass is 32.1. The third-order valence-corrected chi connectivity index (χ3v) is 5.17. The molecule has 7 heteroatoms. The maximum Gasteiger partial charge on any atom is 0.321 e. The van der Waals surface area contributed by atoms with Gasteiger partial charge in [-0.15, -0.1) is 11.3 Å². The molecule has 0 saturated carbocycles. The van der Waals surface area contributed by atoms with Crippen molar-refractivity contribution in [3.8, 4) is 11.3 Å². The number of nitrogens with one attached hydrogen (secondary N) is 2. The molecule has 2 heterocycles. The van der Waals surface area contributed by atoms with Crippen LogP contribution in [0.2, 0.25) is 0 Å². The van der Waals surface area contributed by atoms with Gasteiger partial charge in [0.15, 0.2) is 10.9 Å². The molecule has 5 nitrogen and oxygen atoms in total. The molecule has 0 atom stereocenters. The molecule has 0 aliphatic rings. The van der Waals surface area contributed by atoms with Crippen LogP contribution in [0, 0.1) is 0 Å². The van der Waals surface area contributed by atoms with Crippen molar-refractivity contribution in [2.75, 3.05) is 5.32 Å². The molecule has 0 bridgehead atoms. The molecule has 3 aromatic rings. The Labute approximate surface area is 147 Å². The quantitative estimate of drug-likeness (QED) is 0.665. The second kappa shape index (κ2) is 7.37. The Kier molecular flexibility index (Phi) is 5.02. The lowest BCUT2D eigenvalue weighted by Crippen LogP contribution is -2.27. The van der Waals surface area contributed by atoms with Gasteiger partial charge in [-0.2, -0.15) is 0 Å². The lowest BCUT2D eigenvalue weighted by atomic mass is 10.1. The maximum absolute atomic E-state index is 12.0. The first kappa shape index (κ1) is 16.4. The summed E-state index contributed by atoms with van der Waals surface area (Å²) >= 11 is 2.76. The van der Waals surface area contributed by atoms with Crippen LogP contribution >= 0.6 is 22.7 Å². The fourth-order valence-electron chi connectivity index (χ4n) is 2.13. The summed E-state index contributed by atoms with van der Waals surface area (Å²) < 4.78 is 0. The summed E-state index contributed by atoms with van der Waals surface area (Å²) in [7, 11) is 0. The normalized spacial score (nSPS) is 10.4. The van der Waals surface area contributed by atoms with Gasteiger partial charge in [-0.1, -0.05) is 47.7 Å². The van der Waals surface area contributed by atoms with Crippen LogP contribution in [0.25, 0.3) is 11.3 Å². The second-order valence-corrected chi connectivity index (χ2v) is 7.04. The molecular formula is C17H15N3O2S2. The number of nitrogens with zero attached hydrogens (tertiary/aromatic N) is 1. The van der Waals surface area contributed by atoms with Crippen LogP contribution in [0.5, 0.6) is 0 Å². The van der Waals surface area contributed by atoms with Gasteiger partial charge < -0.3 is 5.32 Å². The van der Waals surface area contributed by atoms with E-state index in [-0.39, 0.29) is 11.8 Å². The van der Waals surface area contributed by atoms with Crippen molar-refractivity contribution in [2.24, 2.45) is 0 Å². The summed E-state index contributed by atoms with van der Waals surface area (Å²) in [6.45, 7) is 1.96. The Bertz CT molecular complexity index is 842. The Hall–Kier alpha value is -2.51. The third-order valence-electron chi connectivity index (χ3n) is 3.22. The van der Waals surface area contributed by atoms with Crippen LogP contribution in [0.15, 0.2) is 47.8 Å². The molecule has 0 aliphatic carbocycles. The highest BCUT2D eigenvalue weighted by molar-refractivity contribution is 7.18. The van der Waals surface area contributed by atoms with Gasteiger partial charge in [0.1, 0.15) is 0 Å². The van der Waals surface area contributed by atoms with Crippen molar-refractivity contribution < 1.29 is 9.59 Å². The predicted molar refractivity (Wildman–Crippen MR) is 97.7 cm³/mol. The standard InChI is InChI=1S/C17H15N3O2S2/c1-11(21)15-14(12-6-3-2-4-7-12)19-17(24-15)20-16(22)18-10-13-8-5-9-23-13/h2-9H,10H2,1H3,(H2,18,19,20,22). The molecule has 3 rings (SSSR count). The topological polar surface area (TPSA) is 71.1 Å². The fraction of sp³-hybridized carbons (Fsp3) is 0.118. The number of hydrogen-bond acceptors (Lipinski definition) is 5. The zero-order valence-corrected chi connectivity index (χ0v) is 14.5. The van der Waals surface area contributed by atoms with Gasteiger partial charge in [-0.25, -0.2) is 9.78 Å². The molecule has 0 radical (unpaired) electrons. The van der Waals surface area contributed by atoms with Crippen LogP contribution in [0.1, 0.15) is 21.5 Å². The lowest BCUT2D eigenvalue weighted by Gasteiger charge is -2.03. The van der Waals surface area contributed by atoms with Crippen LogP contribution in [0.4, 0.5) is 9.93 Å². The summed E-state index contributed by atoms with van der Waals surface area (Å²) in [6, 6.07) is 13.0. The number of aromatic nitrogens is 1. The molecule has 122 valence electrons. The number of carbonyl (C=O) groups excluding carboxylic acids is 2. The second-order valence-electron chi connectivity index (χ2n) is 5.01. The van der Waals surface area contributed by atoms with E-state index in [1.54, 1.807) is 11.3 Å². The maximum atomic E-state index is 12.0. The average Bonchev–Trinajstić information content (AvgIpc) is 3.23. The van der Waals surface area contributed by atoms with Crippen molar-refractivity contribution in [3.63, 3.8) is 0 Å². The van der Waals surface area contributed by atoms with Crippen molar-refractivity contribution >= 4 is 39.6 Å². The van der Waals surface area contributed by atoms with Crippen molar-refractivity contribution in [2.45, 2.75) is 13.5 Å². The smallest absolute Gasteiger partial charge is 0.321 e. The Balaban J connectivity index is 1.74. The van der Waals surface area contributed by atoms with E-state index >= 15 is 0 Å². The molecule has 0 unspecified atom stereocenters. The van der Waals surface area contributed by atoms with Crippen molar-refractivity contribution in [1.29, 1.82) is 0 Å². The van der Waals surface area contributed by atoms with E-state index in [9.17, 15) is 9.59 Å². The number of urea groups is 1. The van der Waals surface area contributed by atoms with E-state index in [1.165, 1.54) is 18.3 Å². The highest BCUT2D eigenvalue weighted by Crippen LogP contribution is 2.31. The van der Waals surface area contributed by atoms with Gasteiger partial charge in [-0.3, -0.25) is 10.1 Å². The molecule has 2 aromatic heterocycles. The number of Topliss-reactive ketones (excluding diaryl/α,β-unsaturated/α-hetero) is 1. The van der Waals surface area contributed by atoms with E-state index < -0.39 is 0 Å². The first-order valence-corrected chi connectivity index (χ1v) is 8.97. The number of anilines is 1. The van der Waals surface area contributed by atoms with Crippen LogP contribution in [-0.2, 0) is 6.54 Å². The first-order valence-electron chi connectivity index (χ1n) is 7.28. The Morgan fingerprint density at radius 1 is 1.12 bits per heavy atom. The van der Waals surface area contributed by atoms with Crippen LogP contribution < -0.4 is 10.6 Å². The largest absolute Gasteiger partial charge is 0.333 e. The van der Waals surface area contributed by atoms with Gasteiger partial charge in [-0.05, 0) is 11.4 Å². The minimum atomic E-state index is -0.341. The number of amides is 2. The lowest BCUT2D eigenvalue weighted by molar-refractivity contribution is 0.102. The molecule has 2 N–H and O–H groups in total. The molecule has 0 fully saturated rings. The fourth-order valence-corrected chi connectivity index (χ4v) is 3.65. The predicted octanol–water partition coefficient (Wildman–Crippen LogP) is 4.40. The minimum absolute atomic E-state index is 0.0709. The SMILES string of the molecule is CC(=O)c1sc(NC(=O)NCc2cccs2)nc1-c1ccccc1. The molecule has 0 saturated heterocycles. The van der Waals surface area contributed by atoms with E-state index in [4.69, 9.17) is 0 Å². The number of thiophene rings is 1. The summed E-state index contributed by atoms with van der Waals surface area (Å²) in [5.74, 6) is -0.0709. The molecular weight excluding hydrogens is 342 g/mol. The summed E-state index contributed by atoms with van der Waals surface area (Å²) in [4.78, 5) is 29.9. The highest BCUT2D eigenvalue weighted by Gasteiger charge is 2.17. The zero-order valence-electron chi connectivity index (χ0n) is 12.9. The van der Waals surface area contributed by atoms with Crippen LogP contribution in [0.3, 0.4) is 0 Å². The molecule has 0 aliphatic heterocycles. The summed E-state index contributed by atoms with van der Waals surface area (Å²) in [5.41, 5.74) is 1.45. The van der Waals surface area contributed by atoms with E-state index in [0.717, 1.165) is 10.4 Å². The van der Waals surface area contributed by atoms with Gasteiger partial charge in [0.05, 0.1) is 17.1 Å². The molecule has 2 amide bonds. The van der Waals surface area contributed by atoms with E-state index in [1.807, 2.05) is 47.8 Å². The number of ketones is 1. The summed E-state index contributed by atoms with van der Waals surface area (Å²) in [6.07, 6.45) is 0. The number of hydrogen-bond donors (Lipinski definition) is 2. The molecule has 24 heavy (non-hydrogen) atoms. The third kappa shape index (κ3) is 3.87. The Morgan fingerprint density at radius 3 is 2.58 bits per heavy atom. The van der Waals surface area contributed by atoms with Crippen molar-refractivity contribution in [3.05, 3.63) is 57.6 Å². The molecule has 0 spiro atoms.